The summed E-state index contributed by atoms with van der Waals surface area (Å²) in [5, 5.41) is 69.1. The van der Waals surface area contributed by atoms with Crippen LogP contribution in [0.4, 0.5) is 5.69 Å². The van der Waals surface area contributed by atoms with Crippen LogP contribution in [0.2, 0.25) is 0 Å². The summed E-state index contributed by atoms with van der Waals surface area (Å²) >= 11 is 0. The minimum Gasteiger partial charge on any atom is -0.507 e. The van der Waals surface area contributed by atoms with Crippen molar-refractivity contribution in [2.75, 3.05) is 6.61 Å². The minimum atomic E-state index is -2.28. The van der Waals surface area contributed by atoms with Gasteiger partial charge in [0.05, 0.1) is 34.4 Å². The SMILES string of the molecule is C[C@@H]1O[C@@H](O[C@H]2C[C@](O)(C(=O)CO)Cc3c(O)c4c(c(O)c32)C(=O)c2ccccc2C4=O)C[C@H](NCc2ccc([N+](=O)[O-])cc2)[C@@H]1O.Cl. The Morgan fingerprint density at radius 3 is 2.25 bits per heavy atom. The third-order valence-corrected chi connectivity index (χ3v) is 9.17. The summed E-state index contributed by atoms with van der Waals surface area (Å²) in [6.45, 7) is 0.788. The van der Waals surface area contributed by atoms with Crippen molar-refractivity contribution in [3.63, 3.8) is 0 Å². The lowest BCUT2D eigenvalue weighted by atomic mass is 9.72. The molecule has 15 heteroatoms. The van der Waals surface area contributed by atoms with Crippen LogP contribution in [0.3, 0.4) is 0 Å². The second-order valence-corrected chi connectivity index (χ2v) is 12.1. The number of benzene rings is 3. The molecule has 1 aliphatic heterocycles. The van der Waals surface area contributed by atoms with Crippen molar-refractivity contribution in [2.45, 2.75) is 69.0 Å². The molecule has 0 unspecified atom stereocenters. The van der Waals surface area contributed by atoms with E-state index in [1.54, 1.807) is 31.2 Å². The average molecular weight is 685 g/mol. The molecule has 6 atom stereocenters. The van der Waals surface area contributed by atoms with Gasteiger partial charge in [-0.05, 0) is 12.5 Å². The number of ketones is 3. The van der Waals surface area contributed by atoms with E-state index in [-0.39, 0.29) is 53.3 Å². The Labute approximate surface area is 279 Å². The summed E-state index contributed by atoms with van der Waals surface area (Å²) in [5.74, 6) is -3.78. The maximum absolute atomic E-state index is 13.6. The first-order chi connectivity index (χ1) is 22.3. The molecular weight excluding hydrogens is 652 g/mol. The molecule has 0 spiro atoms. The zero-order valence-electron chi connectivity index (χ0n) is 25.5. The fourth-order valence-corrected chi connectivity index (χ4v) is 6.67. The molecule has 1 fully saturated rings. The van der Waals surface area contributed by atoms with Gasteiger partial charge in [0, 0.05) is 66.2 Å². The van der Waals surface area contributed by atoms with E-state index in [9.17, 15) is 50.0 Å². The zero-order valence-corrected chi connectivity index (χ0v) is 26.3. The average Bonchev–Trinajstić information content (AvgIpc) is 3.05. The largest absolute Gasteiger partial charge is 0.507 e. The third kappa shape index (κ3) is 5.96. The van der Waals surface area contributed by atoms with Gasteiger partial charge in [0.25, 0.3) is 5.69 Å². The Kier molecular flexibility index (Phi) is 9.72. The van der Waals surface area contributed by atoms with Crippen LogP contribution in [0.1, 0.15) is 74.4 Å². The third-order valence-electron chi connectivity index (χ3n) is 9.17. The molecule has 6 rings (SSSR count). The summed E-state index contributed by atoms with van der Waals surface area (Å²) in [4.78, 5) is 50.3. The van der Waals surface area contributed by atoms with E-state index in [0.29, 0.717) is 5.56 Å². The Hall–Kier alpha value is -4.28. The van der Waals surface area contributed by atoms with Gasteiger partial charge in [-0.15, -0.1) is 12.4 Å². The summed E-state index contributed by atoms with van der Waals surface area (Å²) in [7, 11) is 0. The van der Waals surface area contributed by atoms with Crippen molar-refractivity contribution >= 4 is 35.4 Å². The first-order valence-corrected chi connectivity index (χ1v) is 15.0. The van der Waals surface area contributed by atoms with Crippen LogP contribution in [0.5, 0.6) is 11.5 Å². The first-order valence-electron chi connectivity index (χ1n) is 15.0. The van der Waals surface area contributed by atoms with Crippen molar-refractivity contribution < 1.29 is 54.3 Å². The number of rotatable bonds is 8. The van der Waals surface area contributed by atoms with E-state index in [4.69, 9.17) is 9.47 Å². The highest BCUT2D eigenvalue weighted by Crippen LogP contribution is 2.52. The normalized spacial score (nSPS) is 26.1. The molecule has 3 aromatic rings. The molecule has 48 heavy (non-hydrogen) atoms. The molecule has 3 aliphatic rings. The van der Waals surface area contributed by atoms with E-state index < -0.39 is 101 Å². The number of nitro groups is 1. The van der Waals surface area contributed by atoms with Gasteiger partial charge in [-0.1, -0.05) is 36.4 Å². The number of fused-ring (bicyclic) bond motifs is 3. The van der Waals surface area contributed by atoms with Crippen molar-refractivity contribution in [2.24, 2.45) is 0 Å². The lowest BCUT2D eigenvalue weighted by Gasteiger charge is -2.43. The van der Waals surface area contributed by atoms with Gasteiger partial charge >= 0.3 is 0 Å². The Balaban J connectivity index is 0.00000451. The highest BCUT2D eigenvalue weighted by Gasteiger charge is 2.50. The van der Waals surface area contributed by atoms with Crippen molar-refractivity contribution in [3.8, 4) is 11.5 Å². The molecule has 3 aromatic carbocycles. The molecule has 14 nitrogen and oxygen atoms in total. The molecule has 0 radical (unpaired) electrons. The monoisotopic (exact) mass is 684 g/mol. The molecule has 0 aromatic heterocycles. The van der Waals surface area contributed by atoms with Crippen LogP contribution in [-0.2, 0) is 27.2 Å². The topological polar surface area (TPSA) is 226 Å². The van der Waals surface area contributed by atoms with Crippen LogP contribution in [0.25, 0.3) is 0 Å². The number of aromatic hydroxyl groups is 2. The van der Waals surface area contributed by atoms with Gasteiger partial charge in [0.1, 0.15) is 23.7 Å². The van der Waals surface area contributed by atoms with E-state index in [0.717, 1.165) is 0 Å². The molecular formula is C33H33ClN2O12. The lowest BCUT2D eigenvalue weighted by molar-refractivity contribution is -0.384. The number of hydrogen-bond acceptors (Lipinski definition) is 13. The number of aliphatic hydroxyl groups excluding tert-OH is 2. The summed E-state index contributed by atoms with van der Waals surface area (Å²) < 4.78 is 12.1. The Bertz CT molecular complexity index is 1800. The molecule has 254 valence electrons. The van der Waals surface area contributed by atoms with Crippen LogP contribution >= 0.6 is 12.4 Å². The number of phenols is 2. The van der Waals surface area contributed by atoms with Gasteiger partial charge in [-0.3, -0.25) is 24.5 Å². The van der Waals surface area contributed by atoms with Crippen molar-refractivity contribution in [3.05, 3.63) is 97.6 Å². The van der Waals surface area contributed by atoms with Gasteiger partial charge in [-0.2, -0.15) is 0 Å². The number of Topliss-reactive ketones (excluding diaryl/α,β-unsaturated/α-hetero) is 1. The maximum Gasteiger partial charge on any atom is 0.269 e. The van der Waals surface area contributed by atoms with Crippen molar-refractivity contribution in [1.29, 1.82) is 0 Å². The maximum atomic E-state index is 13.6. The molecule has 1 heterocycles. The zero-order chi connectivity index (χ0) is 33.8. The first kappa shape index (κ1) is 35.0. The van der Waals surface area contributed by atoms with Gasteiger partial charge < -0.3 is 40.3 Å². The van der Waals surface area contributed by atoms with Crippen molar-refractivity contribution in [1.82, 2.24) is 5.32 Å². The highest BCUT2D eigenvalue weighted by molar-refractivity contribution is 6.30. The van der Waals surface area contributed by atoms with Crippen LogP contribution < -0.4 is 5.32 Å². The number of ether oxygens (including phenoxy) is 2. The summed E-state index contributed by atoms with van der Waals surface area (Å²) in [6, 6.07) is 11.2. The van der Waals surface area contributed by atoms with Gasteiger partial charge in [0.15, 0.2) is 23.6 Å². The number of nitrogens with one attached hydrogen (secondary N) is 1. The molecule has 0 amide bonds. The van der Waals surface area contributed by atoms with Crippen LogP contribution in [0, 0.1) is 10.1 Å². The summed E-state index contributed by atoms with van der Waals surface area (Å²) in [6.07, 6.45) is -5.34. The predicted molar refractivity (Wildman–Crippen MR) is 168 cm³/mol. The fraction of sp³-hybridized carbons (Fsp3) is 0.364. The van der Waals surface area contributed by atoms with Crippen LogP contribution in [0.15, 0.2) is 48.5 Å². The number of carbonyl (C=O) groups is 3. The molecule has 2 aliphatic carbocycles. The number of aliphatic hydroxyl groups is 3. The van der Waals surface area contributed by atoms with Gasteiger partial charge in [-0.25, -0.2) is 0 Å². The molecule has 0 bridgehead atoms. The Morgan fingerprint density at radius 2 is 1.67 bits per heavy atom. The number of carbonyl (C=O) groups excluding carboxylic acids is 3. The van der Waals surface area contributed by atoms with E-state index >= 15 is 0 Å². The second kappa shape index (κ2) is 13.3. The van der Waals surface area contributed by atoms with E-state index in [2.05, 4.69) is 5.32 Å². The number of nitro benzene ring substituents is 1. The Morgan fingerprint density at radius 1 is 1.06 bits per heavy atom. The summed E-state index contributed by atoms with van der Waals surface area (Å²) in [5.41, 5.74) is -2.81. The second-order valence-electron chi connectivity index (χ2n) is 12.1. The molecule has 1 saturated heterocycles. The molecule has 0 saturated carbocycles. The molecule has 6 N–H and O–H groups in total. The highest BCUT2D eigenvalue weighted by atomic mass is 35.5. The quantitative estimate of drug-likeness (QED) is 0.0890. The van der Waals surface area contributed by atoms with E-state index in [1.807, 2.05) is 0 Å². The van der Waals surface area contributed by atoms with E-state index in [1.165, 1.54) is 24.3 Å². The van der Waals surface area contributed by atoms with Crippen LogP contribution in [-0.4, -0.2) is 84.6 Å². The van der Waals surface area contributed by atoms with Gasteiger partial charge in [0.2, 0.25) is 0 Å². The smallest absolute Gasteiger partial charge is 0.269 e. The number of phenolic OH excluding ortho intramolecular Hbond substituents is 2. The fourth-order valence-electron chi connectivity index (χ4n) is 6.67. The minimum absolute atomic E-state index is 0. The number of halogens is 1. The number of non-ortho nitro benzene ring substituents is 1. The standard InChI is InChI=1S/C33H32N2O12.ClH/c1-15-28(38)21(34-13-16-6-8-17(9-7-16)35(44)45)10-24(46-15)47-22-12-33(43,23(37)14-36)11-20-25(22)32(42)27-26(31(20)41)29(39)18-4-2-3-5-19(18)30(27)40;/h2-9,15,21-22,24,28,34,36,38,41-43H,10-14H2,1H3;1H/t15-,21-,22-,24-,28+,33-;/m0./s1. The lowest BCUT2D eigenvalue weighted by Crippen LogP contribution is -2.54. The number of nitrogens with zero attached hydrogens (tertiary/aromatic N) is 1. The number of hydrogen-bond donors (Lipinski definition) is 6. The predicted octanol–water partition coefficient (Wildman–Crippen LogP) is 2.15.